The van der Waals surface area contributed by atoms with Crippen molar-refractivity contribution in [3.05, 3.63) is 42.2 Å². The molecule has 0 bridgehead atoms. The summed E-state index contributed by atoms with van der Waals surface area (Å²) in [5.74, 6) is -0.486. The Hall–Kier alpha value is -2.97. The second kappa shape index (κ2) is 7.94. The van der Waals surface area contributed by atoms with E-state index in [4.69, 9.17) is 4.74 Å². The van der Waals surface area contributed by atoms with Crippen molar-refractivity contribution in [1.82, 2.24) is 14.9 Å². The number of nitrogens with zero attached hydrogens (tertiary/aromatic N) is 3. The molecule has 0 atom stereocenters. The van der Waals surface area contributed by atoms with Gasteiger partial charge in [-0.15, -0.1) is 0 Å². The largest absolute Gasteiger partial charge is 0.481 e. The highest BCUT2D eigenvalue weighted by Crippen LogP contribution is 2.21. The zero-order valence-corrected chi connectivity index (χ0v) is 14.2. The van der Waals surface area contributed by atoms with E-state index in [1.165, 1.54) is 24.4 Å². The van der Waals surface area contributed by atoms with Gasteiger partial charge in [-0.05, 0) is 25.0 Å². The Bertz CT molecular complexity index is 761. The number of carbonyl (C=O) groups excluding carboxylic acids is 1. The minimum atomic E-state index is -0.799. The fraction of sp³-hybridized carbons (Fsp3) is 0.353. The molecule has 7 nitrogen and oxygen atoms in total. The lowest BCUT2D eigenvalue weighted by Gasteiger charge is -2.32. The number of para-hydroxylation sites is 1. The highest BCUT2D eigenvalue weighted by Gasteiger charge is 2.24. The van der Waals surface area contributed by atoms with Crippen molar-refractivity contribution in [3.8, 4) is 5.88 Å². The zero-order chi connectivity index (χ0) is 18.5. The summed E-state index contributed by atoms with van der Waals surface area (Å²) >= 11 is 0. The number of likely N-dealkylation sites (tertiary alicyclic amines) is 1. The number of hydrogen-bond donors (Lipinski definition) is 2. The van der Waals surface area contributed by atoms with Crippen molar-refractivity contribution in [2.75, 3.05) is 30.8 Å². The molecule has 1 aliphatic heterocycles. The maximum atomic E-state index is 13.6. The van der Waals surface area contributed by atoms with Crippen LogP contribution >= 0.6 is 0 Å². The summed E-state index contributed by atoms with van der Waals surface area (Å²) in [7, 11) is 1.53. The molecule has 1 aromatic heterocycles. The van der Waals surface area contributed by atoms with Crippen LogP contribution in [-0.4, -0.2) is 47.1 Å². The van der Waals surface area contributed by atoms with Gasteiger partial charge in [0.05, 0.1) is 7.11 Å². The van der Waals surface area contributed by atoms with Gasteiger partial charge in [-0.1, -0.05) is 6.07 Å². The molecule has 2 heterocycles. The summed E-state index contributed by atoms with van der Waals surface area (Å²) in [5, 5.41) is 5.58. The normalized spacial score (nSPS) is 14.8. The smallest absolute Gasteiger partial charge is 0.322 e. The van der Waals surface area contributed by atoms with Crippen molar-refractivity contribution < 1.29 is 18.3 Å². The van der Waals surface area contributed by atoms with Crippen LogP contribution in [0.2, 0.25) is 0 Å². The predicted octanol–water partition coefficient (Wildman–Crippen LogP) is 2.87. The molecule has 0 aliphatic carbocycles. The van der Waals surface area contributed by atoms with Gasteiger partial charge in [-0.3, -0.25) is 0 Å². The number of benzene rings is 1. The van der Waals surface area contributed by atoms with Crippen LogP contribution in [0.15, 0.2) is 30.6 Å². The quantitative estimate of drug-likeness (QED) is 0.873. The van der Waals surface area contributed by atoms with Gasteiger partial charge >= 0.3 is 6.03 Å². The first-order chi connectivity index (χ1) is 12.6. The first kappa shape index (κ1) is 17.8. The standard InChI is InChI=1S/C17H19F2N5O2/c1-26-15-9-14(20-10-21-15)22-11-5-7-24(8-6-11)17(25)23-16-12(18)3-2-4-13(16)19/h2-4,9-11H,5-8H2,1H3,(H,23,25)(H,20,21,22). The summed E-state index contributed by atoms with van der Waals surface area (Å²) < 4.78 is 32.3. The lowest BCUT2D eigenvalue weighted by atomic mass is 10.1. The molecule has 0 radical (unpaired) electrons. The number of hydrogen-bond acceptors (Lipinski definition) is 5. The van der Waals surface area contributed by atoms with Gasteiger partial charge in [0.25, 0.3) is 0 Å². The third kappa shape index (κ3) is 4.16. The van der Waals surface area contributed by atoms with Crippen LogP contribution in [-0.2, 0) is 0 Å². The van der Waals surface area contributed by atoms with E-state index in [9.17, 15) is 13.6 Å². The van der Waals surface area contributed by atoms with E-state index in [0.717, 1.165) is 12.1 Å². The first-order valence-electron chi connectivity index (χ1n) is 8.19. The van der Waals surface area contributed by atoms with Crippen LogP contribution in [0.1, 0.15) is 12.8 Å². The highest BCUT2D eigenvalue weighted by atomic mass is 19.1. The van der Waals surface area contributed by atoms with Crippen LogP contribution in [0.25, 0.3) is 0 Å². The number of carbonyl (C=O) groups is 1. The van der Waals surface area contributed by atoms with E-state index < -0.39 is 23.4 Å². The lowest BCUT2D eigenvalue weighted by molar-refractivity contribution is 0.196. The first-order valence-corrected chi connectivity index (χ1v) is 8.19. The minimum absolute atomic E-state index is 0.129. The average molecular weight is 363 g/mol. The van der Waals surface area contributed by atoms with Crippen molar-refractivity contribution >= 4 is 17.5 Å². The third-order valence-corrected chi connectivity index (χ3v) is 4.18. The Labute approximate surface area is 149 Å². The van der Waals surface area contributed by atoms with E-state index in [1.807, 2.05) is 0 Å². The fourth-order valence-corrected chi connectivity index (χ4v) is 2.77. The number of nitrogens with one attached hydrogen (secondary N) is 2. The second-order valence-corrected chi connectivity index (χ2v) is 5.88. The van der Waals surface area contributed by atoms with Gasteiger partial charge in [0.1, 0.15) is 29.5 Å². The maximum absolute atomic E-state index is 13.6. The van der Waals surface area contributed by atoms with Crippen molar-refractivity contribution in [2.24, 2.45) is 0 Å². The van der Waals surface area contributed by atoms with E-state index in [1.54, 1.807) is 6.07 Å². The van der Waals surface area contributed by atoms with E-state index in [-0.39, 0.29) is 6.04 Å². The molecule has 0 saturated carbocycles. The number of ether oxygens (including phenoxy) is 1. The molecule has 138 valence electrons. The highest BCUT2D eigenvalue weighted by molar-refractivity contribution is 5.89. The van der Waals surface area contributed by atoms with E-state index in [0.29, 0.717) is 37.6 Å². The summed E-state index contributed by atoms with van der Waals surface area (Å²) in [4.78, 5) is 21.9. The van der Waals surface area contributed by atoms with Crippen LogP contribution in [0.3, 0.4) is 0 Å². The van der Waals surface area contributed by atoms with Crippen LogP contribution in [0.5, 0.6) is 5.88 Å². The van der Waals surface area contributed by atoms with Gasteiger partial charge in [0.15, 0.2) is 0 Å². The number of urea groups is 1. The fourth-order valence-electron chi connectivity index (χ4n) is 2.77. The molecule has 1 aliphatic rings. The Morgan fingerprint density at radius 3 is 2.58 bits per heavy atom. The Kier molecular flexibility index (Phi) is 5.45. The van der Waals surface area contributed by atoms with Gasteiger partial charge in [0.2, 0.25) is 5.88 Å². The number of aromatic nitrogens is 2. The van der Waals surface area contributed by atoms with Gasteiger partial charge < -0.3 is 20.3 Å². The van der Waals surface area contributed by atoms with Crippen molar-refractivity contribution in [2.45, 2.75) is 18.9 Å². The Morgan fingerprint density at radius 1 is 1.23 bits per heavy atom. The van der Waals surface area contributed by atoms with Crippen molar-refractivity contribution in [1.29, 1.82) is 0 Å². The van der Waals surface area contributed by atoms with Crippen LogP contribution in [0.4, 0.5) is 25.1 Å². The average Bonchev–Trinajstić information content (AvgIpc) is 2.65. The monoisotopic (exact) mass is 363 g/mol. The molecule has 0 spiro atoms. The van der Waals surface area contributed by atoms with Gasteiger partial charge in [-0.25, -0.2) is 23.5 Å². The third-order valence-electron chi connectivity index (χ3n) is 4.18. The SMILES string of the molecule is COc1cc(NC2CCN(C(=O)Nc3c(F)cccc3F)CC2)ncn1. The molecule has 2 amide bonds. The molecule has 1 saturated heterocycles. The number of anilines is 2. The van der Waals surface area contributed by atoms with E-state index >= 15 is 0 Å². The predicted molar refractivity (Wildman–Crippen MR) is 92.2 cm³/mol. The number of methoxy groups -OCH3 is 1. The van der Waals surface area contributed by atoms with Gasteiger partial charge in [-0.2, -0.15) is 0 Å². The van der Waals surface area contributed by atoms with Crippen LogP contribution in [0, 0.1) is 11.6 Å². The Morgan fingerprint density at radius 2 is 1.92 bits per heavy atom. The van der Waals surface area contributed by atoms with Gasteiger partial charge in [0, 0.05) is 25.2 Å². The molecule has 2 aromatic rings. The molecule has 1 fully saturated rings. The summed E-state index contributed by atoms with van der Waals surface area (Å²) in [5.41, 5.74) is -0.425. The molecule has 1 aromatic carbocycles. The summed E-state index contributed by atoms with van der Waals surface area (Å²) in [6.07, 6.45) is 2.77. The molecular weight excluding hydrogens is 344 g/mol. The molecule has 26 heavy (non-hydrogen) atoms. The summed E-state index contributed by atoms with van der Waals surface area (Å²) in [6, 6.07) is 4.76. The molecule has 9 heteroatoms. The molecule has 3 rings (SSSR count). The number of halogens is 2. The summed E-state index contributed by atoms with van der Waals surface area (Å²) in [6.45, 7) is 0.920. The second-order valence-electron chi connectivity index (χ2n) is 5.88. The Balaban J connectivity index is 1.54. The number of amides is 2. The lowest BCUT2D eigenvalue weighted by Crippen LogP contribution is -2.44. The van der Waals surface area contributed by atoms with Crippen molar-refractivity contribution in [3.63, 3.8) is 0 Å². The van der Waals surface area contributed by atoms with E-state index in [2.05, 4.69) is 20.6 Å². The zero-order valence-electron chi connectivity index (χ0n) is 14.2. The molecule has 2 N–H and O–H groups in total. The molecular formula is C17H19F2N5O2. The maximum Gasteiger partial charge on any atom is 0.322 e. The number of piperidine rings is 1. The number of rotatable bonds is 4. The van der Waals surface area contributed by atoms with Crippen LogP contribution < -0.4 is 15.4 Å². The molecule has 0 unspecified atom stereocenters. The topological polar surface area (TPSA) is 79.4 Å². The minimum Gasteiger partial charge on any atom is -0.481 e.